The predicted molar refractivity (Wildman–Crippen MR) is 116 cm³/mol. The molecule has 2 amide bonds. The van der Waals surface area contributed by atoms with Crippen LogP contribution < -0.4 is 10.2 Å². The van der Waals surface area contributed by atoms with E-state index in [0.29, 0.717) is 36.9 Å². The van der Waals surface area contributed by atoms with Crippen molar-refractivity contribution in [3.05, 3.63) is 71.2 Å². The number of hydrogen-bond acceptors (Lipinski definition) is 4. The molecule has 0 atom stereocenters. The average molecular weight is 408 g/mol. The molecule has 1 aliphatic rings. The van der Waals surface area contributed by atoms with Crippen molar-refractivity contribution >= 4 is 29.1 Å². The molecule has 7 heteroatoms. The third-order valence-electron chi connectivity index (χ3n) is 4.97. The molecule has 148 valence electrons. The molecule has 4 rings (SSSR count). The molecule has 3 aromatic rings. The van der Waals surface area contributed by atoms with Crippen LogP contribution in [0.4, 0.5) is 16.3 Å². The second-order valence-electron chi connectivity index (χ2n) is 7.03. The first-order chi connectivity index (χ1) is 14.1. The number of benzene rings is 2. The van der Waals surface area contributed by atoms with E-state index in [1.54, 1.807) is 11.0 Å². The SMILES string of the molecule is Cc1ccc(Cl)c(NC(=O)N2CCN(c3ccc(-c4ccccc4)nn3)CC2)c1. The summed E-state index contributed by atoms with van der Waals surface area (Å²) in [5, 5.41) is 12.2. The summed E-state index contributed by atoms with van der Waals surface area (Å²) in [6.45, 7) is 4.59. The lowest BCUT2D eigenvalue weighted by molar-refractivity contribution is 0.208. The molecular weight excluding hydrogens is 386 g/mol. The van der Waals surface area contributed by atoms with Gasteiger partial charge in [0, 0.05) is 31.7 Å². The van der Waals surface area contributed by atoms with E-state index in [2.05, 4.69) is 20.4 Å². The van der Waals surface area contributed by atoms with E-state index in [0.717, 1.165) is 22.6 Å². The summed E-state index contributed by atoms with van der Waals surface area (Å²) in [5.74, 6) is 0.825. The number of amides is 2. The van der Waals surface area contributed by atoms with Gasteiger partial charge in [0.2, 0.25) is 0 Å². The number of nitrogens with one attached hydrogen (secondary N) is 1. The van der Waals surface area contributed by atoms with Crippen LogP contribution in [0.3, 0.4) is 0 Å². The maximum absolute atomic E-state index is 12.6. The number of carbonyl (C=O) groups excluding carboxylic acids is 1. The molecule has 1 saturated heterocycles. The molecule has 0 spiro atoms. The Bertz CT molecular complexity index is 986. The van der Waals surface area contributed by atoms with Crippen LogP contribution in [-0.2, 0) is 0 Å². The molecule has 2 heterocycles. The van der Waals surface area contributed by atoms with Crippen molar-refractivity contribution in [1.29, 1.82) is 0 Å². The van der Waals surface area contributed by atoms with Crippen LogP contribution in [-0.4, -0.2) is 47.3 Å². The first-order valence-corrected chi connectivity index (χ1v) is 9.94. The van der Waals surface area contributed by atoms with E-state index in [4.69, 9.17) is 11.6 Å². The lowest BCUT2D eigenvalue weighted by atomic mass is 10.1. The van der Waals surface area contributed by atoms with E-state index in [1.807, 2.05) is 61.5 Å². The van der Waals surface area contributed by atoms with E-state index in [9.17, 15) is 4.79 Å². The van der Waals surface area contributed by atoms with Crippen LogP contribution in [0.25, 0.3) is 11.3 Å². The van der Waals surface area contributed by atoms with Crippen LogP contribution in [0.5, 0.6) is 0 Å². The second-order valence-corrected chi connectivity index (χ2v) is 7.44. The third kappa shape index (κ3) is 4.49. The van der Waals surface area contributed by atoms with Crippen LogP contribution in [0.15, 0.2) is 60.7 Å². The Labute approximate surface area is 175 Å². The fourth-order valence-corrected chi connectivity index (χ4v) is 3.49. The molecule has 1 aliphatic heterocycles. The highest BCUT2D eigenvalue weighted by Gasteiger charge is 2.22. The monoisotopic (exact) mass is 407 g/mol. The van der Waals surface area contributed by atoms with Crippen molar-refractivity contribution in [2.45, 2.75) is 6.92 Å². The Morgan fingerprint density at radius 1 is 0.966 bits per heavy atom. The molecule has 2 aromatic carbocycles. The Hall–Kier alpha value is -3.12. The van der Waals surface area contributed by atoms with Crippen molar-refractivity contribution in [3.63, 3.8) is 0 Å². The van der Waals surface area contributed by atoms with E-state index in [1.165, 1.54) is 0 Å². The van der Waals surface area contributed by atoms with Gasteiger partial charge >= 0.3 is 6.03 Å². The minimum atomic E-state index is -0.136. The normalized spacial score (nSPS) is 14.0. The number of rotatable bonds is 3. The van der Waals surface area contributed by atoms with E-state index < -0.39 is 0 Å². The first-order valence-electron chi connectivity index (χ1n) is 9.56. The standard InChI is InChI=1S/C22H22ClN5O/c1-16-7-8-18(23)20(15-16)24-22(29)28-13-11-27(12-14-28)21-10-9-19(25-26-21)17-5-3-2-4-6-17/h2-10,15H,11-14H2,1H3,(H,24,29). The lowest BCUT2D eigenvalue weighted by Crippen LogP contribution is -2.50. The smallest absolute Gasteiger partial charge is 0.322 e. The fraction of sp³-hybridized carbons (Fsp3) is 0.227. The zero-order valence-corrected chi connectivity index (χ0v) is 16.9. The zero-order valence-electron chi connectivity index (χ0n) is 16.2. The van der Waals surface area contributed by atoms with Gasteiger partial charge in [-0.3, -0.25) is 0 Å². The van der Waals surface area contributed by atoms with Gasteiger partial charge in [-0.25, -0.2) is 4.79 Å². The maximum atomic E-state index is 12.6. The molecule has 1 aromatic heterocycles. The molecule has 0 aliphatic carbocycles. The minimum Gasteiger partial charge on any atom is -0.352 e. The molecule has 0 radical (unpaired) electrons. The van der Waals surface area contributed by atoms with Crippen molar-refractivity contribution in [2.24, 2.45) is 0 Å². The van der Waals surface area contributed by atoms with Gasteiger partial charge in [-0.05, 0) is 36.8 Å². The van der Waals surface area contributed by atoms with Crippen molar-refractivity contribution < 1.29 is 4.79 Å². The van der Waals surface area contributed by atoms with E-state index >= 15 is 0 Å². The largest absolute Gasteiger partial charge is 0.352 e. The second kappa shape index (κ2) is 8.49. The summed E-state index contributed by atoms with van der Waals surface area (Å²) in [4.78, 5) is 16.5. The van der Waals surface area contributed by atoms with Crippen LogP contribution in [0, 0.1) is 6.92 Å². The Balaban J connectivity index is 1.35. The number of nitrogens with zero attached hydrogens (tertiary/aromatic N) is 4. The highest BCUT2D eigenvalue weighted by molar-refractivity contribution is 6.33. The topological polar surface area (TPSA) is 61.4 Å². The summed E-state index contributed by atoms with van der Waals surface area (Å²) in [6, 6.07) is 19.4. The number of carbonyl (C=O) groups is 1. The molecule has 6 nitrogen and oxygen atoms in total. The van der Waals surface area contributed by atoms with Crippen molar-refractivity contribution in [2.75, 3.05) is 36.4 Å². The van der Waals surface area contributed by atoms with Gasteiger partial charge in [0.15, 0.2) is 5.82 Å². The molecule has 0 saturated carbocycles. The Morgan fingerprint density at radius 3 is 2.41 bits per heavy atom. The van der Waals surface area contributed by atoms with Gasteiger partial charge in [-0.2, -0.15) is 0 Å². The number of hydrogen-bond donors (Lipinski definition) is 1. The van der Waals surface area contributed by atoms with Crippen LogP contribution in [0.1, 0.15) is 5.56 Å². The number of halogens is 1. The van der Waals surface area contributed by atoms with Gasteiger partial charge in [0.05, 0.1) is 16.4 Å². The van der Waals surface area contributed by atoms with Gasteiger partial charge in [0.1, 0.15) is 0 Å². The number of anilines is 2. The van der Waals surface area contributed by atoms with Gasteiger partial charge in [-0.1, -0.05) is 48.0 Å². The Kier molecular flexibility index (Phi) is 5.62. The highest BCUT2D eigenvalue weighted by atomic mass is 35.5. The fourth-order valence-electron chi connectivity index (χ4n) is 3.32. The van der Waals surface area contributed by atoms with Crippen LogP contribution >= 0.6 is 11.6 Å². The molecule has 1 fully saturated rings. The summed E-state index contributed by atoms with van der Waals surface area (Å²) in [6.07, 6.45) is 0. The third-order valence-corrected chi connectivity index (χ3v) is 5.30. The predicted octanol–water partition coefficient (Wildman–Crippen LogP) is 4.46. The van der Waals surface area contributed by atoms with Gasteiger partial charge in [-0.15, -0.1) is 10.2 Å². The molecular formula is C22H22ClN5O. The zero-order chi connectivity index (χ0) is 20.2. The summed E-state index contributed by atoms with van der Waals surface area (Å²) in [5.41, 5.74) is 3.58. The first kappa shape index (κ1) is 19.2. The molecule has 1 N–H and O–H groups in total. The van der Waals surface area contributed by atoms with Crippen LogP contribution in [0.2, 0.25) is 5.02 Å². The number of piperazine rings is 1. The number of aryl methyl sites for hydroxylation is 1. The maximum Gasteiger partial charge on any atom is 0.322 e. The van der Waals surface area contributed by atoms with Gasteiger partial charge < -0.3 is 15.1 Å². The summed E-state index contributed by atoms with van der Waals surface area (Å²) in [7, 11) is 0. The summed E-state index contributed by atoms with van der Waals surface area (Å²) < 4.78 is 0. The van der Waals surface area contributed by atoms with Gasteiger partial charge in [0.25, 0.3) is 0 Å². The number of aromatic nitrogens is 2. The average Bonchev–Trinajstić information content (AvgIpc) is 2.77. The molecule has 29 heavy (non-hydrogen) atoms. The quantitative estimate of drug-likeness (QED) is 0.696. The van der Waals surface area contributed by atoms with E-state index in [-0.39, 0.29) is 6.03 Å². The van der Waals surface area contributed by atoms with Crippen molar-refractivity contribution in [1.82, 2.24) is 15.1 Å². The van der Waals surface area contributed by atoms with Crippen molar-refractivity contribution in [3.8, 4) is 11.3 Å². The molecule has 0 bridgehead atoms. The highest BCUT2D eigenvalue weighted by Crippen LogP contribution is 2.24. The lowest BCUT2D eigenvalue weighted by Gasteiger charge is -2.35. The summed E-state index contributed by atoms with van der Waals surface area (Å²) >= 11 is 6.18. The number of urea groups is 1. The minimum absolute atomic E-state index is 0.136. The molecule has 0 unspecified atom stereocenters. The Morgan fingerprint density at radius 2 is 1.72 bits per heavy atom.